The molecule has 0 aromatic heterocycles. The van der Waals surface area contributed by atoms with Crippen LogP contribution in [-0.4, -0.2) is 104 Å². The Balaban J connectivity index is 0.731. The zero-order chi connectivity index (χ0) is 47.2. The first-order chi connectivity index (χ1) is 31.4. The van der Waals surface area contributed by atoms with Crippen LogP contribution in [0, 0.1) is 56.7 Å². The number of nitrogens with zero attached hydrogens (tertiary/aromatic N) is 1. The summed E-state index contributed by atoms with van der Waals surface area (Å²) < 4.78 is 17.3. The zero-order valence-electron chi connectivity index (χ0n) is 40.9. The standard InChI is InChI=1S/C53H78N4O9/c1-33-17-22-53(24-23-51(6)36(44(53)34(33)2)13-15-40-50(5)20-19-41(58)49(3,4)39(50)18-21-52(40,51)7)48(63)55-26-10-28-65-30-32-66-31-29-64-27-9-25-54-37-12-8-11-35-43(37)47(62)57(46(35)61)38-14-16-42(59)56-45(38)60/h8,11-13,33-34,38-41,44,54,58H,9-10,14-32H2,1-7H3,(H,55,63)(H,56,59,60)/t33-,34+,38?,39+,40-,41+,44+,50+,51-,52-,53+/m1/s1. The van der Waals surface area contributed by atoms with Gasteiger partial charge in [-0.3, -0.25) is 34.2 Å². The van der Waals surface area contributed by atoms with E-state index in [2.05, 4.69) is 70.5 Å². The summed E-state index contributed by atoms with van der Waals surface area (Å²) in [6.45, 7) is 21.1. The number of ether oxygens (including phenoxy) is 3. The number of fused-ring (bicyclic) bond motifs is 8. The lowest BCUT2D eigenvalue weighted by molar-refractivity contribution is -0.204. The fourth-order valence-electron chi connectivity index (χ4n) is 15.0. The van der Waals surface area contributed by atoms with Crippen LogP contribution in [0.4, 0.5) is 5.69 Å². The molecule has 1 unspecified atom stereocenters. The van der Waals surface area contributed by atoms with E-state index in [0.29, 0.717) is 88.5 Å². The molecule has 5 amide bonds. The summed E-state index contributed by atoms with van der Waals surface area (Å²) in [5.74, 6) is 0.537. The van der Waals surface area contributed by atoms with Crippen molar-refractivity contribution in [1.29, 1.82) is 0 Å². The van der Waals surface area contributed by atoms with Crippen molar-refractivity contribution in [2.24, 2.45) is 56.7 Å². The predicted molar refractivity (Wildman–Crippen MR) is 251 cm³/mol. The van der Waals surface area contributed by atoms with E-state index in [-0.39, 0.29) is 69.0 Å². The summed E-state index contributed by atoms with van der Waals surface area (Å²) in [6, 6.07) is 4.01. The average Bonchev–Trinajstić information content (AvgIpc) is 3.53. The first kappa shape index (κ1) is 48.8. The number of nitrogens with one attached hydrogen (secondary N) is 3. The number of allylic oxidation sites excluding steroid dienone is 2. The zero-order valence-corrected chi connectivity index (χ0v) is 40.9. The Morgan fingerprint density at radius 2 is 1.50 bits per heavy atom. The molecule has 5 fully saturated rings. The second-order valence-electron chi connectivity index (χ2n) is 22.6. The minimum absolute atomic E-state index is 0.0640. The molecule has 1 saturated heterocycles. The van der Waals surface area contributed by atoms with Crippen molar-refractivity contribution in [1.82, 2.24) is 15.5 Å². The highest BCUT2D eigenvalue weighted by Crippen LogP contribution is 2.75. The van der Waals surface area contributed by atoms with Gasteiger partial charge in [0.05, 0.1) is 49.1 Å². The summed E-state index contributed by atoms with van der Waals surface area (Å²) in [5, 5.41) is 20.0. The SMILES string of the molecule is C[C@H]1[C@H](C)CC[C@]2(C(=O)NCCCOCCOCCOCCCNc3cccc4c3C(=O)N(C3CCC(=O)NC3=O)C4=O)CC[C@]3(C)C(=CC[C@@H]4[C@@]5(C)CC[C@H](O)C(C)(C)[C@@H]5CC[C@]43C)[C@H]12. The molecule has 13 heteroatoms. The largest absolute Gasteiger partial charge is 0.393 e. The van der Waals surface area contributed by atoms with Crippen LogP contribution in [0.15, 0.2) is 29.8 Å². The van der Waals surface area contributed by atoms with Gasteiger partial charge in [0.1, 0.15) is 6.04 Å². The van der Waals surface area contributed by atoms with Gasteiger partial charge in [0.15, 0.2) is 0 Å². The van der Waals surface area contributed by atoms with Gasteiger partial charge in [0.25, 0.3) is 11.8 Å². The molecular formula is C53H78N4O9. The second-order valence-corrected chi connectivity index (χ2v) is 22.6. The van der Waals surface area contributed by atoms with Crippen LogP contribution in [-0.2, 0) is 28.6 Å². The van der Waals surface area contributed by atoms with Gasteiger partial charge in [-0.15, -0.1) is 0 Å². The number of imide groups is 2. The molecule has 8 rings (SSSR count). The van der Waals surface area contributed by atoms with Gasteiger partial charge in [0.2, 0.25) is 17.7 Å². The fraction of sp³-hybridized carbons (Fsp3) is 0.755. The van der Waals surface area contributed by atoms with Crippen LogP contribution >= 0.6 is 0 Å². The minimum atomic E-state index is -1.00. The molecule has 1 aromatic rings. The smallest absolute Gasteiger partial charge is 0.264 e. The van der Waals surface area contributed by atoms with Crippen LogP contribution in [0.25, 0.3) is 0 Å². The molecule has 0 radical (unpaired) electrons. The van der Waals surface area contributed by atoms with Crippen molar-refractivity contribution in [3.63, 3.8) is 0 Å². The Bertz CT molecular complexity index is 2070. The average molecular weight is 915 g/mol. The summed E-state index contributed by atoms with van der Waals surface area (Å²) in [7, 11) is 0. The molecule has 4 saturated carbocycles. The number of carbonyl (C=O) groups excluding carboxylic acids is 5. The number of rotatable bonds is 17. The van der Waals surface area contributed by atoms with Gasteiger partial charge in [-0.2, -0.15) is 0 Å². The first-order valence-electron chi connectivity index (χ1n) is 25.4. The molecule has 0 spiro atoms. The Morgan fingerprint density at radius 3 is 2.21 bits per heavy atom. The monoisotopic (exact) mass is 915 g/mol. The van der Waals surface area contributed by atoms with Gasteiger partial charge >= 0.3 is 0 Å². The molecule has 364 valence electrons. The second kappa shape index (κ2) is 19.0. The number of aliphatic hydroxyl groups excluding tert-OH is 1. The van der Waals surface area contributed by atoms with Gasteiger partial charge in [0, 0.05) is 38.4 Å². The third-order valence-corrected chi connectivity index (χ3v) is 19.2. The molecular weight excluding hydrogens is 837 g/mol. The molecule has 13 nitrogen and oxygen atoms in total. The van der Waals surface area contributed by atoms with E-state index in [9.17, 15) is 29.1 Å². The number of aliphatic hydroxyl groups is 1. The Hall–Kier alpha value is -3.65. The molecule has 66 heavy (non-hydrogen) atoms. The quantitative estimate of drug-likeness (QED) is 0.0699. The molecule has 5 aliphatic carbocycles. The highest BCUT2D eigenvalue weighted by atomic mass is 16.5. The number of amides is 5. The number of piperidine rings is 1. The Labute approximate surface area is 392 Å². The number of hydrogen-bond donors (Lipinski definition) is 4. The van der Waals surface area contributed by atoms with E-state index in [0.717, 1.165) is 56.3 Å². The third kappa shape index (κ3) is 8.27. The number of benzene rings is 1. The molecule has 0 bridgehead atoms. The number of hydrogen-bond acceptors (Lipinski definition) is 10. The normalized spacial score (nSPS) is 36.9. The van der Waals surface area contributed by atoms with Crippen molar-refractivity contribution in [3.05, 3.63) is 41.0 Å². The third-order valence-electron chi connectivity index (χ3n) is 19.2. The van der Waals surface area contributed by atoms with E-state index in [1.165, 1.54) is 12.8 Å². The molecule has 2 heterocycles. The minimum Gasteiger partial charge on any atom is -0.393 e. The van der Waals surface area contributed by atoms with E-state index in [4.69, 9.17) is 14.2 Å². The van der Waals surface area contributed by atoms with E-state index >= 15 is 0 Å². The van der Waals surface area contributed by atoms with Gasteiger partial charge in [-0.05, 0) is 140 Å². The molecule has 2 aliphatic heterocycles. The topological polar surface area (TPSA) is 173 Å². The van der Waals surface area contributed by atoms with Crippen molar-refractivity contribution >= 4 is 35.2 Å². The maximum Gasteiger partial charge on any atom is 0.264 e. The summed E-state index contributed by atoms with van der Waals surface area (Å²) >= 11 is 0. The van der Waals surface area contributed by atoms with Crippen LogP contribution < -0.4 is 16.0 Å². The lowest BCUT2D eigenvalue weighted by atomic mass is 9.33. The van der Waals surface area contributed by atoms with Gasteiger partial charge < -0.3 is 30.0 Å². The maximum absolute atomic E-state index is 14.5. The van der Waals surface area contributed by atoms with Crippen LogP contribution in [0.2, 0.25) is 0 Å². The van der Waals surface area contributed by atoms with E-state index in [1.54, 1.807) is 23.8 Å². The number of anilines is 1. The predicted octanol–water partition coefficient (Wildman–Crippen LogP) is 7.46. The van der Waals surface area contributed by atoms with Gasteiger partial charge in [-0.1, -0.05) is 66.2 Å². The van der Waals surface area contributed by atoms with E-state index in [1.807, 2.05) is 0 Å². The summed E-state index contributed by atoms with van der Waals surface area (Å²) in [4.78, 5) is 65.9. The Morgan fingerprint density at radius 1 is 0.803 bits per heavy atom. The summed E-state index contributed by atoms with van der Waals surface area (Å²) in [5.41, 5.74) is 2.61. The van der Waals surface area contributed by atoms with Crippen LogP contribution in [0.3, 0.4) is 0 Å². The molecule has 7 aliphatic rings. The van der Waals surface area contributed by atoms with Crippen molar-refractivity contribution < 1.29 is 43.3 Å². The summed E-state index contributed by atoms with van der Waals surface area (Å²) in [6.07, 6.45) is 13.5. The van der Waals surface area contributed by atoms with Crippen molar-refractivity contribution in [2.75, 3.05) is 58.0 Å². The molecule has 4 N–H and O–H groups in total. The van der Waals surface area contributed by atoms with Crippen molar-refractivity contribution in [2.45, 2.75) is 144 Å². The highest BCUT2D eigenvalue weighted by Gasteiger charge is 2.69. The number of carbonyl (C=O) groups is 5. The molecule has 1 aromatic carbocycles. The van der Waals surface area contributed by atoms with Crippen molar-refractivity contribution in [3.8, 4) is 0 Å². The lowest BCUT2D eigenvalue weighted by Crippen LogP contribution is -2.66. The van der Waals surface area contributed by atoms with Gasteiger partial charge in [-0.25, -0.2) is 0 Å². The Kier molecular flexibility index (Phi) is 14.1. The van der Waals surface area contributed by atoms with E-state index < -0.39 is 29.7 Å². The maximum atomic E-state index is 14.5. The van der Waals surface area contributed by atoms with Crippen LogP contribution in [0.1, 0.15) is 153 Å². The van der Waals surface area contributed by atoms with Crippen LogP contribution in [0.5, 0.6) is 0 Å². The fourth-order valence-corrected chi connectivity index (χ4v) is 15.0. The molecule has 11 atom stereocenters. The lowest BCUT2D eigenvalue weighted by Gasteiger charge is -2.71. The first-order valence-corrected chi connectivity index (χ1v) is 25.4. The highest BCUT2D eigenvalue weighted by molar-refractivity contribution is 6.25.